The molecule has 280 valence electrons. The van der Waals surface area contributed by atoms with Gasteiger partial charge in [0.25, 0.3) is 0 Å². The first-order chi connectivity index (χ1) is 22.8. The van der Waals surface area contributed by atoms with Crippen LogP contribution in [0.5, 0.6) is 0 Å². The number of nitrogens with one attached hydrogen (secondary N) is 6. The number of aliphatic hydroxyl groups is 2. The highest BCUT2D eigenvalue weighted by Crippen LogP contribution is 2.11. The first-order valence-corrected chi connectivity index (χ1v) is 17.0. The van der Waals surface area contributed by atoms with Crippen LogP contribution in [-0.2, 0) is 38.4 Å². The molecule has 0 fully saturated rings. The van der Waals surface area contributed by atoms with E-state index in [9.17, 15) is 58.8 Å². The molecule has 0 aromatic heterocycles. The molecule has 0 saturated heterocycles. The summed E-state index contributed by atoms with van der Waals surface area (Å²) in [5, 5.41) is 51.9. The number of carbonyl (C=O) groups is 8. The number of nitrogens with two attached hydrogens (primary N) is 1. The third kappa shape index (κ3) is 16.3. The van der Waals surface area contributed by atoms with Gasteiger partial charge in [-0.2, -0.15) is 11.8 Å². The summed E-state index contributed by atoms with van der Waals surface area (Å²) in [6, 6.07) is -8.59. The van der Waals surface area contributed by atoms with E-state index in [-0.39, 0.29) is 6.42 Å². The quantitative estimate of drug-likeness (QED) is 0.0483. The molecule has 0 saturated carbocycles. The lowest BCUT2D eigenvalue weighted by Gasteiger charge is -2.28. The van der Waals surface area contributed by atoms with Crippen LogP contribution in [0, 0.1) is 11.8 Å². The van der Waals surface area contributed by atoms with Crippen molar-refractivity contribution in [1.29, 1.82) is 0 Å². The van der Waals surface area contributed by atoms with Gasteiger partial charge in [0, 0.05) is 0 Å². The van der Waals surface area contributed by atoms with Gasteiger partial charge in [0.1, 0.15) is 36.3 Å². The summed E-state index contributed by atoms with van der Waals surface area (Å²) in [5.41, 5.74) is 5.49. The van der Waals surface area contributed by atoms with Crippen LogP contribution in [0.4, 0.5) is 0 Å². The van der Waals surface area contributed by atoms with E-state index in [1.807, 2.05) is 0 Å². The Morgan fingerprint density at radius 2 is 1.27 bits per heavy atom. The van der Waals surface area contributed by atoms with Gasteiger partial charge in [-0.1, -0.05) is 34.1 Å². The first kappa shape index (κ1) is 45.0. The molecule has 20 heteroatoms. The van der Waals surface area contributed by atoms with Gasteiger partial charge < -0.3 is 58.1 Å². The Morgan fingerprint density at radius 3 is 1.73 bits per heavy atom. The lowest BCUT2D eigenvalue weighted by Crippen LogP contribution is -2.61. The lowest BCUT2D eigenvalue weighted by molar-refractivity contribution is -0.144. The number of aliphatic carboxylic acids is 2. The summed E-state index contributed by atoms with van der Waals surface area (Å²) in [7, 11) is 0. The normalized spacial score (nSPS) is 16.0. The third-order valence-corrected chi connectivity index (χ3v) is 8.00. The van der Waals surface area contributed by atoms with Gasteiger partial charge in [0.2, 0.25) is 35.4 Å². The fourth-order valence-electron chi connectivity index (χ4n) is 4.09. The van der Waals surface area contributed by atoms with Gasteiger partial charge >= 0.3 is 11.9 Å². The van der Waals surface area contributed by atoms with Crippen LogP contribution in [0.3, 0.4) is 0 Å². The largest absolute Gasteiger partial charge is 0.481 e. The molecule has 0 heterocycles. The summed E-state index contributed by atoms with van der Waals surface area (Å²) in [4.78, 5) is 100. The van der Waals surface area contributed by atoms with Gasteiger partial charge in [0.05, 0.1) is 25.7 Å². The van der Waals surface area contributed by atoms with Crippen LogP contribution in [0.1, 0.15) is 53.9 Å². The van der Waals surface area contributed by atoms with Gasteiger partial charge in [-0.25, -0.2) is 4.79 Å². The van der Waals surface area contributed by atoms with Gasteiger partial charge in [-0.3, -0.25) is 33.6 Å². The number of hydrogen-bond donors (Lipinski definition) is 11. The van der Waals surface area contributed by atoms with Crippen LogP contribution in [-0.4, -0.2) is 135 Å². The van der Waals surface area contributed by atoms with E-state index in [0.29, 0.717) is 12.2 Å². The maximum Gasteiger partial charge on any atom is 0.326 e. The minimum absolute atomic E-state index is 0.0494. The number of amides is 6. The highest BCUT2D eigenvalue weighted by Gasteiger charge is 2.35. The second-order valence-electron chi connectivity index (χ2n) is 11.7. The highest BCUT2D eigenvalue weighted by molar-refractivity contribution is 7.98. The zero-order chi connectivity index (χ0) is 38.0. The number of hydrogen-bond acceptors (Lipinski definition) is 12. The molecule has 0 spiro atoms. The number of aliphatic hydroxyl groups excluding tert-OH is 2. The lowest BCUT2D eigenvalue weighted by atomic mass is 9.97. The molecule has 0 aromatic carbocycles. The SMILES string of the molecule is CC[C@H](C)[C@H](NC(=O)[C@H](CO)NC(=O)CNC(=O)[C@@H](N)[C@@H](C)O)C(=O)N[C@@H](CC(=O)O)C(=O)N[C@@H](CCSC)C(=O)N[C@H](C(=O)O)C(C)C. The second-order valence-corrected chi connectivity index (χ2v) is 12.7. The molecule has 0 aromatic rings. The molecule has 0 aliphatic carbocycles. The molecular formula is C29H51N7O12S. The monoisotopic (exact) mass is 721 g/mol. The number of carboxylic acids is 2. The van der Waals surface area contributed by atoms with Crippen molar-refractivity contribution in [3.05, 3.63) is 0 Å². The summed E-state index contributed by atoms with van der Waals surface area (Å²) >= 11 is 1.34. The fraction of sp³-hybridized carbons (Fsp3) is 0.724. The van der Waals surface area contributed by atoms with E-state index >= 15 is 0 Å². The Balaban J connectivity index is 5.90. The molecule has 0 radical (unpaired) electrons. The number of carbonyl (C=O) groups excluding carboxylic acids is 6. The van der Waals surface area contributed by atoms with E-state index < -0.39 is 121 Å². The molecule has 6 amide bonds. The molecule has 0 bridgehead atoms. The number of rotatable bonds is 23. The van der Waals surface area contributed by atoms with Crippen molar-refractivity contribution in [1.82, 2.24) is 31.9 Å². The molecule has 0 unspecified atom stereocenters. The summed E-state index contributed by atoms with van der Waals surface area (Å²) in [5.74, 6) is -9.16. The highest BCUT2D eigenvalue weighted by atomic mass is 32.2. The maximum absolute atomic E-state index is 13.4. The van der Waals surface area contributed by atoms with Crippen molar-refractivity contribution in [2.45, 2.75) is 96.2 Å². The number of thioether (sulfide) groups is 1. The molecule has 0 aliphatic heterocycles. The van der Waals surface area contributed by atoms with E-state index in [4.69, 9.17) is 5.73 Å². The molecule has 49 heavy (non-hydrogen) atoms. The van der Waals surface area contributed by atoms with E-state index in [1.54, 1.807) is 34.0 Å². The van der Waals surface area contributed by atoms with E-state index in [1.165, 1.54) is 18.7 Å². The smallest absolute Gasteiger partial charge is 0.326 e. The fourth-order valence-corrected chi connectivity index (χ4v) is 4.56. The molecule has 12 N–H and O–H groups in total. The standard InChI is InChI=1S/C29H51N7O12S/c1-7-14(4)23(36-26(44)18(12-37)32-19(39)11-31-27(45)21(30)15(5)38)28(46)34-17(10-20(40)41)25(43)33-16(8-9-49-6)24(42)35-22(13(2)3)29(47)48/h13-18,21-23,37-38H,7-12,30H2,1-6H3,(H,31,45)(H,32,39)(H,33,43)(H,34,46)(H,35,42)(H,36,44)(H,40,41)(H,47,48)/t14-,15+,16-,17-,18-,21-,22-,23-/m0/s1. The predicted molar refractivity (Wildman–Crippen MR) is 177 cm³/mol. The Labute approximate surface area is 288 Å². The predicted octanol–water partition coefficient (Wildman–Crippen LogP) is -3.76. The van der Waals surface area contributed by atoms with Gasteiger partial charge in [0.15, 0.2) is 0 Å². The third-order valence-electron chi connectivity index (χ3n) is 7.36. The molecule has 19 nitrogen and oxygen atoms in total. The second kappa shape index (κ2) is 22.6. The minimum Gasteiger partial charge on any atom is -0.481 e. The van der Waals surface area contributed by atoms with Gasteiger partial charge in [-0.15, -0.1) is 0 Å². The van der Waals surface area contributed by atoms with Crippen molar-refractivity contribution in [3.8, 4) is 0 Å². The Kier molecular flexibility index (Phi) is 20.7. The van der Waals surface area contributed by atoms with Crippen molar-refractivity contribution >= 4 is 59.1 Å². The van der Waals surface area contributed by atoms with Crippen LogP contribution >= 0.6 is 11.8 Å². The summed E-state index contributed by atoms with van der Waals surface area (Å²) in [6.45, 7) is 6.10. The van der Waals surface area contributed by atoms with E-state index in [0.717, 1.165) is 0 Å². The minimum atomic E-state index is -1.73. The average molecular weight is 722 g/mol. The molecule has 0 rings (SSSR count). The van der Waals surface area contributed by atoms with Crippen molar-refractivity contribution < 1.29 is 58.8 Å². The molecule has 8 atom stereocenters. The van der Waals surface area contributed by atoms with Crippen LogP contribution in [0.25, 0.3) is 0 Å². The summed E-state index contributed by atoms with van der Waals surface area (Å²) < 4.78 is 0. The van der Waals surface area contributed by atoms with Crippen LogP contribution in [0.2, 0.25) is 0 Å². The summed E-state index contributed by atoms with van der Waals surface area (Å²) in [6.07, 6.45) is -0.0298. The first-order valence-electron chi connectivity index (χ1n) is 15.6. The Morgan fingerprint density at radius 1 is 0.735 bits per heavy atom. The number of carboxylic acid groups (broad SMARTS) is 2. The van der Waals surface area contributed by atoms with Crippen LogP contribution in [0.15, 0.2) is 0 Å². The van der Waals surface area contributed by atoms with Crippen molar-refractivity contribution in [2.75, 3.05) is 25.2 Å². The van der Waals surface area contributed by atoms with Gasteiger partial charge in [-0.05, 0) is 37.2 Å². The topological polar surface area (TPSA) is 316 Å². The molecule has 0 aliphatic rings. The molecular weight excluding hydrogens is 670 g/mol. The zero-order valence-electron chi connectivity index (χ0n) is 28.5. The average Bonchev–Trinajstić information content (AvgIpc) is 3.03. The zero-order valence-corrected chi connectivity index (χ0v) is 29.3. The Hall–Kier alpha value is -4.01. The van der Waals surface area contributed by atoms with Crippen molar-refractivity contribution in [2.24, 2.45) is 17.6 Å². The van der Waals surface area contributed by atoms with E-state index in [2.05, 4.69) is 31.9 Å². The van der Waals surface area contributed by atoms with Crippen molar-refractivity contribution in [3.63, 3.8) is 0 Å². The Bertz CT molecular complexity index is 1170. The van der Waals surface area contributed by atoms with Crippen LogP contribution < -0.4 is 37.6 Å². The maximum atomic E-state index is 13.4.